The van der Waals surface area contributed by atoms with Gasteiger partial charge < -0.3 is 9.55 Å². The standard InChI is InChI=1S/C19H15N3O/c23-19(10-14-4-2-1-3-5-14)17-12-21-18-11-15(6-7-16(17)18)22-9-8-20-13-22/h1-9,11-13,21H,10H2. The van der Waals surface area contributed by atoms with Crippen molar-refractivity contribution in [2.24, 2.45) is 0 Å². The van der Waals surface area contributed by atoms with Crippen LogP contribution in [-0.4, -0.2) is 20.3 Å². The molecular weight excluding hydrogens is 286 g/mol. The van der Waals surface area contributed by atoms with E-state index in [0.29, 0.717) is 6.42 Å². The normalized spacial score (nSPS) is 11.0. The average Bonchev–Trinajstić information content (AvgIpc) is 3.25. The summed E-state index contributed by atoms with van der Waals surface area (Å²) in [6, 6.07) is 15.8. The molecule has 23 heavy (non-hydrogen) atoms. The van der Waals surface area contributed by atoms with Crippen LogP contribution in [0.5, 0.6) is 0 Å². The van der Waals surface area contributed by atoms with E-state index in [1.807, 2.05) is 59.3 Å². The SMILES string of the molecule is O=C(Cc1ccccc1)c1c[nH]c2cc(-n3ccnc3)ccc12. The highest BCUT2D eigenvalue weighted by molar-refractivity contribution is 6.08. The zero-order valence-corrected chi connectivity index (χ0v) is 12.4. The molecule has 0 spiro atoms. The molecule has 1 N–H and O–H groups in total. The predicted molar refractivity (Wildman–Crippen MR) is 89.9 cm³/mol. The van der Waals surface area contributed by atoms with Crippen molar-refractivity contribution in [1.82, 2.24) is 14.5 Å². The Balaban J connectivity index is 1.67. The Morgan fingerprint density at radius 2 is 2.00 bits per heavy atom. The third kappa shape index (κ3) is 2.55. The molecule has 4 heteroatoms. The van der Waals surface area contributed by atoms with Gasteiger partial charge in [0.1, 0.15) is 0 Å². The summed E-state index contributed by atoms with van der Waals surface area (Å²) in [4.78, 5) is 19.8. The molecule has 2 heterocycles. The van der Waals surface area contributed by atoms with Crippen molar-refractivity contribution in [1.29, 1.82) is 0 Å². The number of hydrogen-bond acceptors (Lipinski definition) is 2. The maximum Gasteiger partial charge on any atom is 0.169 e. The maximum absolute atomic E-state index is 12.6. The minimum Gasteiger partial charge on any atom is -0.360 e. The summed E-state index contributed by atoms with van der Waals surface area (Å²) in [5.41, 5.74) is 3.73. The Hall–Kier alpha value is -3.14. The quantitative estimate of drug-likeness (QED) is 0.583. The summed E-state index contributed by atoms with van der Waals surface area (Å²) in [5, 5.41) is 0.954. The Morgan fingerprint density at radius 3 is 2.78 bits per heavy atom. The van der Waals surface area contributed by atoms with Crippen LogP contribution < -0.4 is 0 Å². The van der Waals surface area contributed by atoms with Gasteiger partial charge in [-0.3, -0.25) is 4.79 Å². The number of H-pyrrole nitrogens is 1. The molecule has 4 rings (SSSR count). The van der Waals surface area contributed by atoms with Crippen molar-refractivity contribution < 1.29 is 4.79 Å². The van der Waals surface area contributed by atoms with E-state index in [1.54, 1.807) is 18.7 Å². The lowest BCUT2D eigenvalue weighted by Crippen LogP contribution is -2.02. The molecule has 0 aliphatic heterocycles. The van der Waals surface area contributed by atoms with Gasteiger partial charge in [-0.25, -0.2) is 4.98 Å². The summed E-state index contributed by atoms with van der Waals surface area (Å²) in [7, 11) is 0. The molecule has 0 radical (unpaired) electrons. The molecule has 0 saturated heterocycles. The second-order valence-corrected chi connectivity index (χ2v) is 5.49. The average molecular weight is 301 g/mol. The summed E-state index contributed by atoms with van der Waals surface area (Å²) >= 11 is 0. The molecule has 4 nitrogen and oxygen atoms in total. The first kappa shape index (κ1) is 13.5. The predicted octanol–water partition coefficient (Wildman–Crippen LogP) is 3.78. The maximum atomic E-state index is 12.6. The molecule has 0 unspecified atom stereocenters. The van der Waals surface area contributed by atoms with Gasteiger partial charge in [0.15, 0.2) is 5.78 Å². The first-order valence-corrected chi connectivity index (χ1v) is 7.48. The van der Waals surface area contributed by atoms with E-state index in [4.69, 9.17) is 0 Å². The van der Waals surface area contributed by atoms with Crippen molar-refractivity contribution in [2.75, 3.05) is 0 Å². The van der Waals surface area contributed by atoms with E-state index in [2.05, 4.69) is 9.97 Å². The molecule has 0 saturated carbocycles. The number of ketones is 1. The molecule has 4 aromatic rings. The minimum atomic E-state index is 0.123. The number of benzene rings is 2. The second kappa shape index (κ2) is 5.57. The zero-order chi connectivity index (χ0) is 15.6. The van der Waals surface area contributed by atoms with Gasteiger partial charge in [-0.2, -0.15) is 0 Å². The van der Waals surface area contributed by atoms with Crippen molar-refractivity contribution >= 4 is 16.7 Å². The number of hydrogen-bond donors (Lipinski definition) is 1. The number of aromatic nitrogens is 3. The van der Waals surface area contributed by atoms with Crippen LogP contribution >= 0.6 is 0 Å². The molecule has 0 amide bonds. The molecule has 0 aliphatic rings. The monoisotopic (exact) mass is 301 g/mol. The van der Waals surface area contributed by atoms with E-state index in [0.717, 1.165) is 27.7 Å². The van der Waals surface area contributed by atoms with E-state index < -0.39 is 0 Å². The van der Waals surface area contributed by atoms with Crippen molar-refractivity contribution in [2.45, 2.75) is 6.42 Å². The molecule has 112 valence electrons. The molecule has 0 aliphatic carbocycles. The number of fused-ring (bicyclic) bond motifs is 1. The zero-order valence-electron chi connectivity index (χ0n) is 12.4. The van der Waals surface area contributed by atoms with Crippen LogP contribution in [0.25, 0.3) is 16.6 Å². The molecule has 0 atom stereocenters. The van der Waals surface area contributed by atoms with Crippen molar-refractivity contribution in [3.8, 4) is 5.69 Å². The van der Waals surface area contributed by atoms with E-state index >= 15 is 0 Å². The number of aromatic amines is 1. The lowest BCUT2D eigenvalue weighted by atomic mass is 10.0. The van der Waals surface area contributed by atoms with Crippen LogP contribution in [0.15, 0.2) is 73.4 Å². The topological polar surface area (TPSA) is 50.7 Å². The highest BCUT2D eigenvalue weighted by Gasteiger charge is 2.13. The molecule has 2 aromatic carbocycles. The van der Waals surface area contributed by atoms with Crippen LogP contribution in [-0.2, 0) is 6.42 Å². The Morgan fingerprint density at radius 1 is 1.13 bits per heavy atom. The van der Waals surface area contributed by atoms with Crippen LogP contribution in [0.1, 0.15) is 15.9 Å². The van der Waals surface area contributed by atoms with Crippen molar-refractivity contribution in [3.63, 3.8) is 0 Å². The lowest BCUT2D eigenvalue weighted by Gasteiger charge is -2.03. The van der Waals surface area contributed by atoms with Crippen LogP contribution in [0.3, 0.4) is 0 Å². The largest absolute Gasteiger partial charge is 0.360 e. The fourth-order valence-corrected chi connectivity index (χ4v) is 2.79. The van der Waals surface area contributed by atoms with Gasteiger partial charge >= 0.3 is 0 Å². The molecular formula is C19H15N3O. The van der Waals surface area contributed by atoms with Crippen LogP contribution in [0, 0.1) is 0 Å². The van der Waals surface area contributed by atoms with Gasteiger partial charge in [0, 0.05) is 47.2 Å². The highest BCUT2D eigenvalue weighted by atomic mass is 16.1. The highest BCUT2D eigenvalue weighted by Crippen LogP contribution is 2.23. The van der Waals surface area contributed by atoms with Gasteiger partial charge in [-0.1, -0.05) is 36.4 Å². The molecule has 2 aromatic heterocycles. The van der Waals surface area contributed by atoms with E-state index in [-0.39, 0.29) is 5.78 Å². The number of rotatable bonds is 4. The van der Waals surface area contributed by atoms with Gasteiger partial charge in [-0.15, -0.1) is 0 Å². The molecule has 0 fully saturated rings. The fraction of sp³-hybridized carbons (Fsp3) is 0.0526. The lowest BCUT2D eigenvalue weighted by molar-refractivity contribution is 0.0994. The first-order chi connectivity index (χ1) is 11.3. The van der Waals surface area contributed by atoms with Gasteiger partial charge in [0.25, 0.3) is 0 Å². The minimum absolute atomic E-state index is 0.123. The Bertz CT molecular complexity index is 953. The summed E-state index contributed by atoms with van der Waals surface area (Å²) in [5.74, 6) is 0.123. The van der Waals surface area contributed by atoms with Crippen LogP contribution in [0.2, 0.25) is 0 Å². The number of Topliss-reactive ketones (excluding diaryl/α,β-unsaturated/α-hetero) is 1. The summed E-state index contributed by atoms with van der Waals surface area (Å²) in [6.07, 6.45) is 7.61. The Kier molecular flexibility index (Phi) is 3.27. The Labute approximate surface area is 133 Å². The van der Waals surface area contributed by atoms with Crippen molar-refractivity contribution in [3.05, 3.63) is 84.6 Å². The summed E-state index contributed by atoms with van der Waals surface area (Å²) in [6.45, 7) is 0. The van der Waals surface area contributed by atoms with Crippen LogP contribution in [0.4, 0.5) is 0 Å². The van der Waals surface area contributed by atoms with E-state index in [1.165, 1.54) is 0 Å². The van der Waals surface area contributed by atoms with Gasteiger partial charge in [0.05, 0.1) is 6.33 Å². The van der Waals surface area contributed by atoms with Gasteiger partial charge in [-0.05, 0) is 17.7 Å². The first-order valence-electron chi connectivity index (χ1n) is 7.48. The van der Waals surface area contributed by atoms with Gasteiger partial charge in [0.2, 0.25) is 0 Å². The smallest absolute Gasteiger partial charge is 0.169 e. The number of carbonyl (C=O) groups is 1. The number of nitrogens with one attached hydrogen (secondary N) is 1. The fourth-order valence-electron chi connectivity index (χ4n) is 2.79. The third-order valence-corrected chi connectivity index (χ3v) is 3.98. The second-order valence-electron chi connectivity index (χ2n) is 5.49. The number of carbonyl (C=O) groups excluding carboxylic acids is 1. The number of nitrogens with zero attached hydrogens (tertiary/aromatic N) is 2. The summed E-state index contributed by atoms with van der Waals surface area (Å²) < 4.78 is 1.94. The number of imidazole rings is 1. The third-order valence-electron chi connectivity index (χ3n) is 3.98. The van der Waals surface area contributed by atoms with E-state index in [9.17, 15) is 4.79 Å². The molecule has 0 bridgehead atoms.